The van der Waals surface area contributed by atoms with Crippen LogP contribution in [0.4, 0.5) is 13.2 Å². The summed E-state index contributed by atoms with van der Waals surface area (Å²) in [6.45, 7) is 4.53. The van der Waals surface area contributed by atoms with Crippen molar-refractivity contribution in [2.75, 3.05) is 6.61 Å². The van der Waals surface area contributed by atoms with Gasteiger partial charge in [-0.05, 0) is 48.2 Å². The third-order valence-corrected chi connectivity index (χ3v) is 3.48. The first kappa shape index (κ1) is 20.5. The predicted octanol–water partition coefficient (Wildman–Crippen LogP) is 3.48. The van der Waals surface area contributed by atoms with Crippen LogP contribution in [0.2, 0.25) is 0 Å². The maximum Gasteiger partial charge on any atom is 0.435 e. The smallest absolute Gasteiger partial charge is 0.435 e. The molecule has 0 saturated carbocycles. The van der Waals surface area contributed by atoms with E-state index in [0.717, 1.165) is 34.7 Å². The fraction of sp³-hybridized carbons (Fsp3) is 0.389. The maximum absolute atomic E-state index is 12.5. The standard InChI is InChI=1S/C18H21F3N4O2/c1-13(2)8-10-27-15-5-3-14(4-6-15)11-22-23-17(26)12-25-9-7-16(24-25)18(19,20)21/h3-7,9,11,13H,8,10,12H2,1-2H3,(H,23,26)/b22-11+. The van der Waals surface area contributed by atoms with Gasteiger partial charge in [-0.15, -0.1) is 0 Å². The Morgan fingerprint density at radius 3 is 2.59 bits per heavy atom. The number of amides is 1. The molecule has 0 radical (unpaired) electrons. The minimum atomic E-state index is -4.54. The van der Waals surface area contributed by atoms with Crippen LogP contribution in [0.3, 0.4) is 0 Å². The molecule has 2 rings (SSSR count). The van der Waals surface area contributed by atoms with Gasteiger partial charge in [-0.3, -0.25) is 9.48 Å². The van der Waals surface area contributed by atoms with E-state index in [0.29, 0.717) is 12.5 Å². The number of hydrazone groups is 1. The van der Waals surface area contributed by atoms with Gasteiger partial charge in [0.05, 0.1) is 12.8 Å². The average Bonchev–Trinajstić information content (AvgIpc) is 3.05. The lowest BCUT2D eigenvalue weighted by atomic mass is 10.1. The molecule has 0 spiro atoms. The summed E-state index contributed by atoms with van der Waals surface area (Å²) < 4.78 is 43.9. The molecular formula is C18H21F3N4O2. The minimum absolute atomic E-state index is 0.365. The Labute approximate surface area is 155 Å². The van der Waals surface area contributed by atoms with E-state index in [9.17, 15) is 18.0 Å². The monoisotopic (exact) mass is 382 g/mol. The van der Waals surface area contributed by atoms with E-state index in [1.54, 1.807) is 24.3 Å². The molecule has 0 atom stereocenters. The molecule has 27 heavy (non-hydrogen) atoms. The molecule has 0 aliphatic rings. The Morgan fingerprint density at radius 2 is 2.00 bits per heavy atom. The summed E-state index contributed by atoms with van der Waals surface area (Å²) in [7, 11) is 0. The first-order valence-corrected chi connectivity index (χ1v) is 8.39. The highest BCUT2D eigenvalue weighted by atomic mass is 19.4. The molecule has 0 aliphatic carbocycles. The van der Waals surface area contributed by atoms with Crippen LogP contribution in [0.25, 0.3) is 0 Å². The van der Waals surface area contributed by atoms with Gasteiger partial charge in [-0.25, -0.2) is 5.43 Å². The van der Waals surface area contributed by atoms with Crippen molar-refractivity contribution in [3.05, 3.63) is 47.8 Å². The van der Waals surface area contributed by atoms with Crippen LogP contribution >= 0.6 is 0 Å². The van der Waals surface area contributed by atoms with Gasteiger partial charge >= 0.3 is 6.18 Å². The van der Waals surface area contributed by atoms with E-state index in [4.69, 9.17) is 4.74 Å². The van der Waals surface area contributed by atoms with E-state index < -0.39 is 17.8 Å². The zero-order valence-electron chi connectivity index (χ0n) is 15.0. The Morgan fingerprint density at radius 1 is 1.30 bits per heavy atom. The van der Waals surface area contributed by atoms with Crippen LogP contribution in [0.5, 0.6) is 5.75 Å². The van der Waals surface area contributed by atoms with Crippen molar-refractivity contribution < 1.29 is 22.7 Å². The number of carbonyl (C=O) groups excluding carboxylic acids is 1. The van der Waals surface area contributed by atoms with Gasteiger partial charge in [0.2, 0.25) is 0 Å². The number of benzene rings is 1. The van der Waals surface area contributed by atoms with Crippen molar-refractivity contribution in [3.63, 3.8) is 0 Å². The van der Waals surface area contributed by atoms with E-state index in [1.165, 1.54) is 6.21 Å². The SMILES string of the molecule is CC(C)CCOc1ccc(/C=N/NC(=O)Cn2ccc(C(F)(F)F)n2)cc1. The van der Waals surface area contributed by atoms with Crippen molar-refractivity contribution in [1.82, 2.24) is 15.2 Å². The third-order valence-electron chi connectivity index (χ3n) is 3.48. The Balaban J connectivity index is 1.79. The molecule has 146 valence electrons. The summed E-state index contributed by atoms with van der Waals surface area (Å²) in [5, 5.41) is 7.08. The third kappa shape index (κ3) is 7.12. The van der Waals surface area contributed by atoms with Gasteiger partial charge in [0.1, 0.15) is 12.3 Å². The van der Waals surface area contributed by atoms with Crippen molar-refractivity contribution in [3.8, 4) is 5.75 Å². The second kappa shape index (κ2) is 9.20. The number of ether oxygens (including phenoxy) is 1. The number of aromatic nitrogens is 2. The Kier molecular flexibility index (Phi) is 6.98. The molecule has 0 bridgehead atoms. The highest BCUT2D eigenvalue weighted by molar-refractivity contribution is 5.82. The number of alkyl halides is 3. The average molecular weight is 382 g/mol. The normalized spacial score (nSPS) is 11.9. The van der Waals surface area contributed by atoms with Gasteiger partial charge in [-0.2, -0.15) is 23.4 Å². The molecule has 1 amide bonds. The van der Waals surface area contributed by atoms with Gasteiger partial charge in [0, 0.05) is 6.20 Å². The van der Waals surface area contributed by atoms with Crippen LogP contribution in [-0.4, -0.2) is 28.5 Å². The van der Waals surface area contributed by atoms with E-state index in [1.807, 2.05) is 0 Å². The molecule has 1 N–H and O–H groups in total. The Hall–Kier alpha value is -2.84. The van der Waals surface area contributed by atoms with E-state index >= 15 is 0 Å². The lowest BCUT2D eigenvalue weighted by Gasteiger charge is -2.07. The highest BCUT2D eigenvalue weighted by Gasteiger charge is 2.33. The fourth-order valence-corrected chi connectivity index (χ4v) is 2.02. The number of carbonyl (C=O) groups is 1. The first-order chi connectivity index (χ1) is 12.7. The molecule has 1 aromatic heterocycles. The number of nitrogens with zero attached hydrogens (tertiary/aromatic N) is 3. The van der Waals surface area contributed by atoms with Crippen molar-refractivity contribution >= 4 is 12.1 Å². The molecule has 0 fully saturated rings. The molecule has 0 unspecified atom stereocenters. The molecule has 2 aromatic rings. The quantitative estimate of drug-likeness (QED) is 0.561. The summed E-state index contributed by atoms with van der Waals surface area (Å²) >= 11 is 0. The predicted molar refractivity (Wildman–Crippen MR) is 94.4 cm³/mol. The highest BCUT2D eigenvalue weighted by Crippen LogP contribution is 2.27. The van der Waals surface area contributed by atoms with Crippen LogP contribution in [0.1, 0.15) is 31.5 Å². The second-order valence-corrected chi connectivity index (χ2v) is 6.29. The number of rotatable bonds is 8. The van der Waals surface area contributed by atoms with Crippen molar-refractivity contribution in [1.29, 1.82) is 0 Å². The van der Waals surface area contributed by atoms with E-state index in [-0.39, 0.29) is 6.54 Å². The number of nitrogens with one attached hydrogen (secondary N) is 1. The number of halogens is 3. The first-order valence-electron chi connectivity index (χ1n) is 8.39. The fourth-order valence-electron chi connectivity index (χ4n) is 2.02. The molecular weight excluding hydrogens is 361 g/mol. The van der Waals surface area contributed by atoms with Crippen LogP contribution < -0.4 is 10.2 Å². The largest absolute Gasteiger partial charge is 0.494 e. The number of hydrogen-bond donors (Lipinski definition) is 1. The molecule has 1 heterocycles. The summed E-state index contributed by atoms with van der Waals surface area (Å²) in [6, 6.07) is 7.96. The molecule has 6 nitrogen and oxygen atoms in total. The van der Waals surface area contributed by atoms with Crippen molar-refractivity contribution in [2.45, 2.75) is 33.0 Å². The summed E-state index contributed by atoms with van der Waals surface area (Å²) in [4.78, 5) is 11.7. The van der Waals surface area contributed by atoms with Gasteiger partial charge in [0.15, 0.2) is 5.69 Å². The van der Waals surface area contributed by atoms with Crippen LogP contribution in [0, 0.1) is 5.92 Å². The lowest BCUT2D eigenvalue weighted by molar-refractivity contribution is -0.141. The topological polar surface area (TPSA) is 68.5 Å². The molecule has 0 aliphatic heterocycles. The van der Waals surface area contributed by atoms with Crippen LogP contribution in [-0.2, 0) is 17.5 Å². The maximum atomic E-state index is 12.5. The summed E-state index contributed by atoms with van der Waals surface area (Å²) in [5.41, 5.74) is 1.94. The van der Waals surface area contributed by atoms with Crippen molar-refractivity contribution in [2.24, 2.45) is 11.0 Å². The van der Waals surface area contributed by atoms with Gasteiger partial charge < -0.3 is 4.74 Å². The second-order valence-electron chi connectivity index (χ2n) is 6.29. The van der Waals surface area contributed by atoms with Gasteiger partial charge in [-0.1, -0.05) is 13.8 Å². The minimum Gasteiger partial charge on any atom is -0.494 e. The molecule has 1 aromatic carbocycles. The van der Waals surface area contributed by atoms with Gasteiger partial charge in [0.25, 0.3) is 5.91 Å². The molecule has 0 saturated heterocycles. The van der Waals surface area contributed by atoms with Crippen LogP contribution in [0.15, 0.2) is 41.6 Å². The Bertz CT molecular complexity index is 768. The number of hydrogen-bond acceptors (Lipinski definition) is 4. The zero-order valence-corrected chi connectivity index (χ0v) is 15.0. The molecule has 9 heteroatoms. The summed E-state index contributed by atoms with van der Waals surface area (Å²) in [5.74, 6) is 0.731. The van der Waals surface area contributed by atoms with E-state index in [2.05, 4.69) is 29.5 Å². The lowest BCUT2D eigenvalue weighted by Crippen LogP contribution is -2.23. The summed E-state index contributed by atoms with van der Waals surface area (Å²) in [6.07, 6.45) is -1.05. The zero-order chi connectivity index (χ0) is 19.9.